The molecule has 388 valence electrons. The fraction of sp³-hybridized carbons (Fsp3) is 0.603. The Labute approximate surface area is 424 Å². The predicted octanol–water partition coefficient (Wildman–Crippen LogP) is 18.6. The largest absolute Gasteiger partial charge is 0.462 e. The van der Waals surface area contributed by atoms with Crippen molar-refractivity contribution in [2.75, 3.05) is 13.2 Å². The van der Waals surface area contributed by atoms with Crippen LogP contribution in [0.5, 0.6) is 0 Å². The van der Waals surface area contributed by atoms with Crippen LogP contribution in [0.4, 0.5) is 0 Å². The molecular formula is C63H100O6. The lowest BCUT2D eigenvalue weighted by atomic mass is 10.1. The van der Waals surface area contributed by atoms with Crippen molar-refractivity contribution in [3.8, 4) is 0 Å². The summed E-state index contributed by atoms with van der Waals surface area (Å²) in [7, 11) is 0. The highest BCUT2D eigenvalue weighted by atomic mass is 16.6. The minimum Gasteiger partial charge on any atom is -0.462 e. The third-order valence-electron chi connectivity index (χ3n) is 11.1. The first-order valence-corrected chi connectivity index (χ1v) is 27.7. The first-order valence-electron chi connectivity index (χ1n) is 27.7. The van der Waals surface area contributed by atoms with Crippen molar-refractivity contribution in [3.63, 3.8) is 0 Å². The van der Waals surface area contributed by atoms with Gasteiger partial charge >= 0.3 is 17.9 Å². The Balaban J connectivity index is 4.52. The highest BCUT2D eigenvalue weighted by Gasteiger charge is 2.19. The van der Waals surface area contributed by atoms with E-state index in [9.17, 15) is 14.4 Å². The number of hydrogen-bond acceptors (Lipinski definition) is 6. The molecule has 0 amide bonds. The van der Waals surface area contributed by atoms with Gasteiger partial charge in [0.1, 0.15) is 13.2 Å². The van der Waals surface area contributed by atoms with Crippen LogP contribution in [0, 0.1) is 0 Å². The van der Waals surface area contributed by atoms with Crippen LogP contribution >= 0.6 is 0 Å². The van der Waals surface area contributed by atoms with Crippen LogP contribution in [0.2, 0.25) is 0 Å². The summed E-state index contributed by atoms with van der Waals surface area (Å²) in [6.07, 6.45) is 78.7. The Kier molecular flexibility index (Phi) is 52.5. The van der Waals surface area contributed by atoms with Crippen molar-refractivity contribution >= 4 is 17.9 Å². The van der Waals surface area contributed by atoms with Crippen LogP contribution in [0.15, 0.2) is 134 Å². The molecule has 1 atom stereocenters. The number of unbranched alkanes of at least 4 members (excludes halogenated alkanes) is 15. The van der Waals surface area contributed by atoms with Crippen LogP contribution in [-0.2, 0) is 28.6 Å². The number of esters is 3. The lowest BCUT2D eigenvalue weighted by Crippen LogP contribution is -2.30. The van der Waals surface area contributed by atoms with Gasteiger partial charge in [0.05, 0.1) is 0 Å². The fourth-order valence-corrected chi connectivity index (χ4v) is 6.97. The second-order valence-corrected chi connectivity index (χ2v) is 17.7. The smallest absolute Gasteiger partial charge is 0.306 e. The van der Waals surface area contributed by atoms with Gasteiger partial charge in [-0.1, -0.05) is 212 Å². The summed E-state index contributed by atoms with van der Waals surface area (Å²) in [5.74, 6) is -1.01. The van der Waals surface area contributed by atoms with E-state index in [2.05, 4.69) is 154 Å². The molecule has 0 N–H and O–H groups in total. The van der Waals surface area contributed by atoms with Gasteiger partial charge in [0.15, 0.2) is 6.10 Å². The first kappa shape index (κ1) is 64.5. The molecule has 6 heteroatoms. The van der Waals surface area contributed by atoms with E-state index in [-0.39, 0.29) is 37.5 Å². The van der Waals surface area contributed by atoms with E-state index < -0.39 is 6.10 Å². The molecule has 0 saturated heterocycles. The summed E-state index contributed by atoms with van der Waals surface area (Å²) >= 11 is 0. The van der Waals surface area contributed by atoms with Crippen LogP contribution in [0.25, 0.3) is 0 Å². The van der Waals surface area contributed by atoms with Gasteiger partial charge in [-0.3, -0.25) is 14.4 Å². The summed E-state index contributed by atoms with van der Waals surface area (Å²) in [4.78, 5) is 38.1. The van der Waals surface area contributed by atoms with E-state index in [4.69, 9.17) is 14.2 Å². The summed E-state index contributed by atoms with van der Waals surface area (Å²) in [5, 5.41) is 0. The third-order valence-corrected chi connectivity index (χ3v) is 11.1. The number of allylic oxidation sites excluding steroid dienone is 22. The Morgan fingerprint density at radius 1 is 0.304 bits per heavy atom. The normalized spacial score (nSPS) is 13.1. The molecule has 1 unspecified atom stereocenters. The molecule has 0 aromatic rings. The van der Waals surface area contributed by atoms with Crippen molar-refractivity contribution in [2.24, 2.45) is 0 Å². The number of rotatable bonds is 48. The highest BCUT2D eigenvalue weighted by molar-refractivity contribution is 5.71. The Morgan fingerprint density at radius 3 is 1.00 bits per heavy atom. The van der Waals surface area contributed by atoms with E-state index >= 15 is 0 Å². The van der Waals surface area contributed by atoms with Gasteiger partial charge in [0.25, 0.3) is 0 Å². The maximum atomic E-state index is 12.8. The minimum absolute atomic E-state index is 0.114. The summed E-state index contributed by atoms with van der Waals surface area (Å²) < 4.78 is 16.8. The van der Waals surface area contributed by atoms with E-state index in [0.29, 0.717) is 19.3 Å². The zero-order valence-electron chi connectivity index (χ0n) is 44.3. The molecular weight excluding hydrogens is 853 g/mol. The minimum atomic E-state index is -0.820. The monoisotopic (exact) mass is 953 g/mol. The average Bonchev–Trinajstić information content (AvgIpc) is 3.35. The topological polar surface area (TPSA) is 78.9 Å². The number of carbonyl (C=O) groups excluding carboxylic acids is 3. The Bertz CT molecular complexity index is 1510. The molecule has 0 heterocycles. The van der Waals surface area contributed by atoms with Gasteiger partial charge in [0, 0.05) is 19.3 Å². The van der Waals surface area contributed by atoms with Gasteiger partial charge in [0.2, 0.25) is 0 Å². The van der Waals surface area contributed by atoms with Crippen molar-refractivity contribution in [3.05, 3.63) is 134 Å². The molecule has 0 aliphatic rings. The molecule has 0 aliphatic carbocycles. The summed E-state index contributed by atoms with van der Waals surface area (Å²) in [6, 6.07) is 0. The predicted molar refractivity (Wildman–Crippen MR) is 297 cm³/mol. The highest BCUT2D eigenvalue weighted by Crippen LogP contribution is 2.12. The zero-order valence-corrected chi connectivity index (χ0v) is 44.3. The molecule has 0 aromatic heterocycles. The Hall–Kier alpha value is -4.45. The quantitative estimate of drug-likeness (QED) is 0.0262. The molecule has 6 nitrogen and oxygen atoms in total. The first-order chi connectivity index (χ1) is 34.0. The maximum absolute atomic E-state index is 12.8. The standard InChI is InChI=1S/C63H100O6/c1-4-7-10-13-16-19-22-25-27-28-29-30-31-32-33-34-36-38-41-44-47-50-53-56-62(65)68-59-60(58-67-61(64)55-52-49-46-43-40-37-24-21-18-15-12-9-6-3)69-63(66)57-54-51-48-45-42-39-35-26-23-20-17-14-11-8-5-2/h7,10,12,15-17,19-21,24-27,29-30,32-33,35-36,38,44,47,60H,4-6,8-9,11,13-14,18,22-23,28,31,34,37,39-43,45-46,48-59H2,1-3H3/b10-7-,15-12-,19-16-,20-17-,24-21-,27-25-,30-29-,33-32-,35-26-,38-36-,47-44-. The van der Waals surface area contributed by atoms with Crippen LogP contribution < -0.4 is 0 Å². The second-order valence-electron chi connectivity index (χ2n) is 17.7. The number of carbonyl (C=O) groups is 3. The molecule has 0 radical (unpaired) electrons. The van der Waals surface area contributed by atoms with Gasteiger partial charge in [-0.25, -0.2) is 0 Å². The van der Waals surface area contributed by atoms with Gasteiger partial charge < -0.3 is 14.2 Å². The maximum Gasteiger partial charge on any atom is 0.306 e. The second kappa shape index (κ2) is 56.1. The van der Waals surface area contributed by atoms with E-state index in [1.807, 2.05) is 0 Å². The number of ether oxygens (including phenoxy) is 3. The average molecular weight is 953 g/mol. The molecule has 0 bridgehead atoms. The van der Waals surface area contributed by atoms with E-state index in [1.54, 1.807) is 0 Å². The van der Waals surface area contributed by atoms with Crippen molar-refractivity contribution < 1.29 is 28.6 Å². The van der Waals surface area contributed by atoms with Crippen LogP contribution in [-0.4, -0.2) is 37.2 Å². The molecule has 0 fully saturated rings. The van der Waals surface area contributed by atoms with E-state index in [0.717, 1.165) is 148 Å². The lowest BCUT2D eigenvalue weighted by Gasteiger charge is -2.18. The van der Waals surface area contributed by atoms with Crippen LogP contribution in [0.3, 0.4) is 0 Å². The summed E-state index contributed by atoms with van der Waals surface area (Å²) in [5.41, 5.74) is 0. The lowest BCUT2D eigenvalue weighted by molar-refractivity contribution is -0.167. The van der Waals surface area contributed by atoms with Gasteiger partial charge in [-0.15, -0.1) is 0 Å². The summed E-state index contributed by atoms with van der Waals surface area (Å²) in [6.45, 7) is 6.34. The van der Waals surface area contributed by atoms with Crippen molar-refractivity contribution in [1.29, 1.82) is 0 Å². The third kappa shape index (κ3) is 54.4. The zero-order chi connectivity index (χ0) is 50.0. The van der Waals surface area contributed by atoms with Crippen LogP contribution in [0.1, 0.15) is 226 Å². The van der Waals surface area contributed by atoms with Crippen molar-refractivity contribution in [1.82, 2.24) is 0 Å². The molecule has 69 heavy (non-hydrogen) atoms. The molecule has 0 saturated carbocycles. The molecule has 0 aromatic carbocycles. The van der Waals surface area contributed by atoms with Gasteiger partial charge in [-0.2, -0.15) is 0 Å². The number of hydrogen-bond donors (Lipinski definition) is 0. The molecule has 0 spiro atoms. The SMILES string of the molecule is CC/C=C\C/C=C\C/C=C\C/C=C\C/C=C\C/C=C\C/C=C\CCCC(=O)OCC(COC(=O)CCCCCCC/C=C\C/C=C\CCC)OC(=O)CCCCCCC/C=C\C/C=C\CCCCC. The van der Waals surface area contributed by atoms with Crippen molar-refractivity contribution in [2.45, 2.75) is 232 Å². The Morgan fingerprint density at radius 2 is 0.609 bits per heavy atom. The fourth-order valence-electron chi connectivity index (χ4n) is 6.97. The van der Waals surface area contributed by atoms with E-state index in [1.165, 1.54) is 32.1 Å². The molecule has 0 aliphatic heterocycles. The van der Waals surface area contributed by atoms with Gasteiger partial charge in [-0.05, 0) is 128 Å². The molecule has 0 rings (SSSR count).